The third-order valence-corrected chi connectivity index (χ3v) is 12.8. The molecule has 4 amide bonds. The van der Waals surface area contributed by atoms with Gasteiger partial charge in [-0.2, -0.15) is 4.31 Å². The van der Waals surface area contributed by atoms with Gasteiger partial charge in [0.2, 0.25) is 21.8 Å². The van der Waals surface area contributed by atoms with Gasteiger partial charge in [-0.15, -0.1) is 0 Å². The van der Waals surface area contributed by atoms with E-state index in [4.69, 9.17) is 4.74 Å². The second kappa shape index (κ2) is 14.4. The van der Waals surface area contributed by atoms with Gasteiger partial charge in [-0.05, 0) is 85.0 Å². The molecule has 4 atom stereocenters. The minimum atomic E-state index is -3.82. The molecule has 4 aromatic carbocycles. The van der Waals surface area contributed by atoms with Gasteiger partial charge in [0.05, 0.1) is 36.4 Å². The lowest BCUT2D eigenvalue weighted by Crippen LogP contribution is -2.52. The zero-order valence-electron chi connectivity index (χ0n) is 29.9. The average molecular weight is 762 g/mol. The van der Waals surface area contributed by atoms with Gasteiger partial charge in [-0.25, -0.2) is 8.42 Å². The maximum Gasteiger partial charge on any atom is 0.255 e. The molecule has 14 heteroatoms. The molecule has 8 rings (SSSR count). The zero-order valence-corrected chi connectivity index (χ0v) is 30.7. The number of benzene rings is 4. The smallest absolute Gasteiger partial charge is 0.255 e. The van der Waals surface area contributed by atoms with Crippen LogP contribution in [-0.4, -0.2) is 71.6 Å². The lowest BCUT2D eigenvalue weighted by atomic mass is 9.82. The molecule has 0 aliphatic carbocycles. The second-order valence-corrected chi connectivity index (χ2v) is 16.1. The molecule has 282 valence electrons. The fraction of sp³-hybridized carbons (Fsp3) is 0.268. The van der Waals surface area contributed by atoms with Gasteiger partial charge in [0.25, 0.3) is 11.8 Å². The SMILES string of the molecule is Cc1ccc(S(=O)(=O)N2CC[C@@H]3[C@H](CO)Nc4ccc(-c5cccc(NC(=O)C=COc6cccc7c6CN(C6CCC(=O)NC6=O)C7=O)c5)cc4[C@@H]32)cc1. The number of anilines is 2. The van der Waals surface area contributed by atoms with Crippen LogP contribution in [0.3, 0.4) is 0 Å². The highest BCUT2D eigenvalue weighted by Crippen LogP contribution is 2.49. The van der Waals surface area contributed by atoms with E-state index in [9.17, 15) is 32.7 Å². The van der Waals surface area contributed by atoms with Crippen molar-refractivity contribution in [3.8, 4) is 16.9 Å². The summed E-state index contributed by atoms with van der Waals surface area (Å²) in [5.74, 6) is -1.40. The summed E-state index contributed by atoms with van der Waals surface area (Å²) >= 11 is 0. The summed E-state index contributed by atoms with van der Waals surface area (Å²) in [4.78, 5) is 51.9. The molecule has 0 radical (unpaired) electrons. The molecule has 2 saturated heterocycles. The molecule has 4 aliphatic rings. The number of carbonyl (C=O) groups is 4. The summed E-state index contributed by atoms with van der Waals surface area (Å²) in [6, 6.07) is 23.4. The molecule has 2 fully saturated rings. The predicted molar refractivity (Wildman–Crippen MR) is 203 cm³/mol. The third kappa shape index (κ3) is 6.77. The number of carbonyl (C=O) groups excluding carboxylic acids is 4. The van der Waals surface area contributed by atoms with Crippen molar-refractivity contribution in [2.45, 2.75) is 55.8 Å². The fourth-order valence-electron chi connectivity index (χ4n) is 8.11. The van der Waals surface area contributed by atoms with Gasteiger partial charge in [0.15, 0.2) is 0 Å². The Kier molecular flexibility index (Phi) is 9.49. The standard InChI is InChI=1S/C41H39N5O8S/c1-24-8-11-28(12-9-24)55(52,53)46-18-16-30-34(23-47)43-33-13-10-26(21-31(33)39(30)46)25-4-2-5-27(20-25)42-38(49)17-19-54-36-7-3-6-29-32(36)22-45(41(29)51)35-14-15-37(48)44-40(35)50/h2-13,17,19-21,30,34-35,39,43,47H,14-16,18,22-23H2,1H3,(H,42,49)(H,44,48,50)/t30-,34+,35?,39-/m1/s1. The van der Waals surface area contributed by atoms with Gasteiger partial charge in [0.1, 0.15) is 11.8 Å². The molecule has 4 N–H and O–H groups in total. The molecule has 4 aliphatic heterocycles. The first kappa shape index (κ1) is 36.2. The minimum absolute atomic E-state index is 0.127. The number of rotatable bonds is 9. The minimum Gasteiger partial charge on any atom is -0.464 e. The second-order valence-electron chi connectivity index (χ2n) is 14.2. The van der Waals surface area contributed by atoms with E-state index in [0.717, 1.165) is 27.9 Å². The first-order valence-corrected chi connectivity index (χ1v) is 19.6. The van der Waals surface area contributed by atoms with E-state index in [1.54, 1.807) is 52.8 Å². The Balaban J connectivity index is 0.975. The van der Waals surface area contributed by atoms with Crippen molar-refractivity contribution in [1.82, 2.24) is 14.5 Å². The number of hydrogen-bond acceptors (Lipinski definition) is 9. The van der Waals surface area contributed by atoms with Gasteiger partial charge in [-0.3, -0.25) is 24.5 Å². The van der Waals surface area contributed by atoms with E-state index in [1.807, 2.05) is 43.3 Å². The van der Waals surface area contributed by atoms with Crippen LogP contribution in [0.2, 0.25) is 0 Å². The van der Waals surface area contributed by atoms with Gasteiger partial charge < -0.3 is 25.4 Å². The van der Waals surface area contributed by atoms with E-state index in [0.29, 0.717) is 35.5 Å². The van der Waals surface area contributed by atoms with Crippen molar-refractivity contribution < 1.29 is 37.4 Å². The van der Waals surface area contributed by atoms with E-state index in [1.165, 1.54) is 17.2 Å². The summed E-state index contributed by atoms with van der Waals surface area (Å²) in [5.41, 5.74) is 5.69. The maximum absolute atomic E-state index is 14.0. The number of aryl methyl sites for hydroxylation is 1. The number of nitrogens with zero attached hydrogens (tertiary/aromatic N) is 2. The molecule has 4 heterocycles. The maximum atomic E-state index is 14.0. The lowest BCUT2D eigenvalue weighted by Gasteiger charge is -2.39. The Morgan fingerprint density at radius 2 is 1.76 bits per heavy atom. The number of sulfonamides is 1. The monoisotopic (exact) mass is 761 g/mol. The Bertz CT molecular complexity index is 2360. The number of aliphatic hydroxyl groups excluding tert-OH is 1. The fourth-order valence-corrected chi connectivity index (χ4v) is 9.78. The topological polar surface area (TPSA) is 174 Å². The first-order chi connectivity index (χ1) is 26.5. The first-order valence-electron chi connectivity index (χ1n) is 18.1. The van der Waals surface area contributed by atoms with Crippen molar-refractivity contribution in [3.63, 3.8) is 0 Å². The largest absolute Gasteiger partial charge is 0.464 e. The summed E-state index contributed by atoms with van der Waals surface area (Å²) in [7, 11) is -3.82. The van der Waals surface area contributed by atoms with Crippen molar-refractivity contribution >= 4 is 45.0 Å². The number of aliphatic hydroxyl groups is 1. The van der Waals surface area contributed by atoms with E-state index < -0.39 is 33.9 Å². The van der Waals surface area contributed by atoms with Gasteiger partial charge in [-0.1, -0.05) is 42.0 Å². The van der Waals surface area contributed by atoms with Crippen LogP contribution in [0.1, 0.15) is 52.4 Å². The Morgan fingerprint density at radius 3 is 2.55 bits per heavy atom. The summed E-state index contributed by atoms with van der Waals surface area (Å²) in [6.45, 7) is 2.25. The molecule has 4 aromatic rings. The predicted octanol–water partition coefficient (Wildman–Crippen LogP) is 4.49. The Hall–Kier alpha value is -5.83. The number of ether oxygens (including phenoxy) is 1. The summed E-state index contributed by atoms with van der Waals surface area (Å²) < 4.78 is 35.3. The molecule has 0 aromatic heterocycles. The van der Waals surface area contributed by atoms with Crippen LogP contribution in [0.15, 0.2) is 102 Å². The highest BCUT2D eigenvalue weighted by Gasteiger charge is 2.48. The van der Waals surface area contributed by atoms with Crippen LogP contribution >= 0.6 is 0 Å². The van der Waals surface area contributed by atoms with Gasteiger partial charge in [0, 0.05) is 47.5 Å². The molecule has 13 nitrogen and oxygen atoms in total. The third-order valence-electron chi connectivity index (χ3n) is 10.9. The molecule has 0 bridgehead atoms. The molecule has 1 unspecified atom stereocenters. The Labute approximate surface area is 318 Å². The zero-order chi connectivity index (χ0) is 38.4. The number of hydrogen-bond donors (Lipinski definition) is 4. The van der Waals surface area contributed by atoms with Crippen molar-refractivity contribution in [3.05, 3.63) is 120 Å². The van der Waals surface area contributed by atoms with Crippen LogP contribution in [0, 0.1) is 12.8 Å². The van der Waals surface area contributed by atoms with Crippen LogP contribution < -0.4 is 20.7 Å². The summed E-state index contributed by atoms with van der Waals surface area (Å²) in [6.07, 6.45) is 3.46. The van der Waals surface area contributed by atoms with Crippen molar-refractivity contribution in [2.24, 2.45) is 5.92 Å². The summed E-state index contributed by atoms with van der Waals surface area (Å²) in [5, 5.41) is 18.8. The highest BCUT2D eigenvalue weighted by atomic mass is 32.2. The average Bonchev–Trinajstić information content (AvgIpc) is 3.78. The van der Waals surface area contributed by atoms with E-state index >= 15 is 0 Å². The van der Waals surface area contributed by atoms with Crippen LogP contribution in [0.4, 0.5) is 11.4 Å². The number of fused-ring (bicyclic) bond motifs is 4. The number of piperidine rings is 1. The molecular formula is C41H39N5O8S. The van der Waals surface area contributed by atoms with E-state index in [2.05, 4.69) is 16.0 Å². The van der Waals surface area contributed by atoms with Crippen LogP contribution in [-0.2, 0) is 31.0 Å². The molecule has 55 heavy (non-hydrogen) atoms. The lowest BCUT2D eigenvalue weighted by molar-refractivity contribution is -0.137. The molecule has 0 saturated carbocycles. The van der Waals surface area contributed by atoms with Crippen LogP contribution in [0.5, 0.6) is 5.75 Å². The number of amides is 4. The van der Waals surface area contributed by atoms with Crippen molar-refractivity contribution in [2.75, 3.05) is 23.8 Å². The molecule has 0 spiro atoms. The normalized spacial score (nSPS) is 22.1. The van der Waals surface area contributed by atoms with E-state index in [-0.39, 0.29) is 54.7 Å². The highest BCUT2D eigenvalue weighted by molar-refractivity contribution is 7.89. The van der Waals surface area contributed by atoms with Crippen molar-refractivity contribution in [1.29, 1.82) is 0 Å². The number of nitrogens with one attached hydrogen (secondary N) is 3. The number of imide groups is 1. The Morgan fingerprint density at radius 1 is 0.982 bits per heavy atom. The molecular weight excluding hydrogens is 723 g/mol. The van der Waals surface area contributed by atoms with Gasteiger partial charge >= 0.3 is 0 Å². The quantitative estimate of drug-likeness (QED) is 0.109. The van der Waals surface area contributed by atoms with Crippen LogP contribution in [0.25, 0.3) is 11.1 Å².